The summed E-state index contributed by atoms with van der Waals surface area (Å²) in [4.78, 5) is 21.1. The Labute approximate surface area is 92.0 Å². The molecule has 88 valence electrons. The van der Waals surface area contributed by atoms with Crippen LogP contribution in [0.15, 0.2) is 0 Å². The van der Waals surface area contributed by atoms with E-state index in [4.69, 9.17) is 21.7 Å². The smallest absolute Gasteiger partial charge is 0.321 e. The number of carboxylic acids is 2. The van der Waals surface area contributed by atoms with Crippen LogP contribution in [0.2, 0.25) is 0 Å². The molecule has 0 aliphatic rings. The van der Waals surface area contributed by atoms with Crippen molar-refractivity contribution in [3.05, 3.63) is 0 Å². The fraction of sp³-hybridized carbons (Fsp3) is 0.750. The minimum Gasteiger partial charge on any atom is -0.480 e. The lowest BCUT2D eigenvalue weighted by Crippen LogP contribution is -2.48. The Morgan fingerprint density at radius 1 is 1.27 bits per heavy atom. The second-order valence-electron chi connectivity index (χ2n) is 3.68. The highest BCUT2D eigenvalue weighted by Gasteiger charge is 2.33. The van der Waals surface area contributed by atoms with Crippen LogP contribution in [0.5, 0.6) is 0 Å². The number of nitrogens with two attached hydrogens (primary N) is 2. The Morgan fingerprint density at radius 2 is 1.73 bits per heavy atom. The van der Waals surface area contributed by atoms with Gasteiger partial charge in [-0.2, -0.15) is 11.8 Å². The predicted molar refractivity (Wildman–Crippen MR) is 57.8 cm³/mol. The summed E-state index contributed by atoms with van der Waals surface area (Å²) in [6.45, 7) is 3.29. The second-order valence-corrected chi connectivity index (χ2v) is 5.35. The number of hydrogen-bond donors (Lipinski definition) is 4. The highest BCUT2D eigenvalue weighted by Crippen LogP contribution is 2.27. The van der Waals surface area contributed by atoms with Crippen molar-refractivity contribution in [2.75, 3.05) is 5.75 Å². The Hall–Kier alpha value is -0.790. The number of rotatable bonds is 6. The summed E-state index contributed by atoms with van der Waals surface area (Å²) in [6.07, 6.45) is 0. The average molecular weight is 236 g/mol. The largest absolute Gasteiger partial charge is 0.480 e. The van der Waals surface area contributed by atoms with Gasteiger partial charge in [-0.25, -0.2) is 0 Å². The highest BCUT2D eigenvalue weighted by atomic mass is 32.2. The van der Waals surface area contributed by atoms with Gasteiger partial charge in [0.05, 0.1) is 0 Å². The molecule has 0 unspecified atom stereocenters. The van der Waals surface area contributed by atoms with Crippen molar-refractivity contribution in [3.8, 4) is 0 Å². The van der Waals surface area contributed by atoms with Crippen LogP contribution in [0.3, 0.4) is 0 Å². The normalized spacial score (nSPS) is 15.7. The summed E-state index contributed by atoms with van der Waals surface area (Å²) in [6, 6.07) is -2.06. The maximum Gasteiger partial charge on any atom is 0.321 e. The Balaban J connectivity index is 4.26. The van der Waals surface area contributed by atoms with Gasteiger partial charge in [0.25, 0.3) is 0 Å². The van der Waals surface area contributed by atoms with E-state index in [9.17, 15) is 9.59 Å². The quantitative estimate of drug-likeness (QED) is 0.481. The summed E-state index contributed by atoms with van der Waals surface area (Å²) in [5.74, 6) is -2.10. The van der Waals surface area contributed by atoms with E-state index in [1.54, 1.807) is 13.8 Å². The first-order chi connectivity index (χ1) is 6.68. The molecular weight excluding hydrogens is 220 g/mol. The van der Waals surface area contributed by atoms with E-state index >= 15 is 0 Å². The van der Waals surface area contributed by atoms with Crippen molar-refractivity contribution in [3.63, 3.8) is 0 Å². The van der Waals surface area contributed by atoms with E-state index in [-0.39, 0.29) is 5.75 Å². The molecule has 6 N–H and O–H groups in total. The lowest BCUT2D eigenvalue weighted by molar-refractivity contribution is -0.139. The fourth-order valence-electron chi connectivity index (χ4n) is 0.763. The molecule has 0 aliphatic carbocycles. The van der Waals surface area contributed by atoms with E-state index in [1.165, 1.54) is 0 Å². The second kappa shape index (κ2) is 5.34. The van der Waals surface area contributed by atoms with Crippen LogP contribution in [0, 0.1) is 0 Å². The molecule has 0 bridgehead atoms. The van der Waals surface area contributed by atoms with Crippen LogP contribution in [-0.4, -0.2) is 44.7 Å². The first-order valence-corrected chi connectivity index (χ1v) is 5.27. The van der Waals surface area contributed by atoms with Crippen molar-refractivity contribution >= 4 is 23.7 Å². The van der Waals surface area contributed by atoms with E-state index in [1.807, 2.05) is 0 Å². The minimum absolute atomic E-state index is 0.128. The van der Waals surface area contributed by atoms with Gasteiger partial charge in [-0.05, 0) is 13.8 Å². The third kappa shape index (κ3) is 4.50. The first kappa shape index (κ1) is 14.2. The zero-order chi connectivity index (χ0) is 12.2. The van der Waals surface area contributed by atoms with Gasteiger partial charge in [-0.1, -0.05) is 0 Å². The Bertz CT molecular complexity index is 257. The van der Waals surface area contributed by atoms with Gasteiger partial charge in [0, 0.05) is 10.5 Å². The van der Waals surface area contributed by atoms with E-state index in [0.29, 0.717) is 0 Å². The number of thioether (sulfide) groups is 1. The summed E-state index contributed by atoms with van der Waals surface area (Å²) < 4.78 is -0.751. The van der Waals surface area contributed by atoms with Crippen LogP contribution in [0.25, 0.3) is 0 Å². The average Bonchev–Trinajstić information content (AvgIpc) is 2.12. The molecule has 0 radical (unpaired) electrons. The third-order valence-electron chi connectivity index (χ3n) is 1.97. The molecule has 0 saturated carbocycles. The highest BCUT2D eigenvalue weighted by molar-refractivity contribution is 8.00. The molecule has 2 atom stereocenters. The molecule has 0 aromatic rings. The van der Waals surface area contributed by atoms with Crippen LogP contribution in [0.4, 0.5) is 0 Å². The van der Waals surface area contributed by atoms with Gasteiger partial charge in [-0.3, -0.25) is 9.59 Å². The molecule has 0 fully saturated rings. The molecule has 0 amide bonds. The summed E-state index contributed by atoms with van der Waals surface area (Å²) in [7, 11) is 0. The lowest BCUT2D eigenvalue weighted by Gasteiger charge is -2.28. The van der Waals surface area contributed by atoms with E-state index in [0.717, 1.165) is 11.8 Å². The molecule has 0 rings (SSSR count). The Morgan fingerprint density at radius 3 is 2.07 bits per heavy atom. The number of carbonyl (C=O) groups is 2. The molecule has 0 aromatic heterocycles. The SMILES string of the molecule is CC(C)(SC[C@H](N)C(=O)O)[C@H](N)C(=O)O. The monoisotopic (exact) mass is 236 g/mol. The molecule has 6 nitrogen and oxygen atoms in total. The van der Waals surface area contributed by atoms with E-state index < -0.39 is 28.8 Å². The topological polar surface area (TPSA) is 127 Å². The van der Waals surface area contributed by atoms with Crippen LogP contribution >= 0.6 is 11.8 Å². The molecular formula is C8H16N2O4S. The van der Waals surface area contributed by atoms with Crippen molar-refractivity contribution in [1.29, 1.82) is 0 Å². The fourth-order valence-corrected chi connectivity index (χ4v) is 1.80. The van der Waals surface area contributed by atoms with Crippen LogP contribution in [-0.2, 0) is 9.59 Å². The zero-order valence-electron chi connectivity index (χ0n) is 8.64. The summed E-state index contributed by atoms with van der Waals surface area (Å²) in [5, 5.41) is 17.2. The number of aliphatic carboxylic acids is 2. The van der Waals surface area contributed by atoms with E-state index in [2.05, 4.69) is 0 Å². The number of carboxylic acid groups (broad SMARTS) is 2. The van der Waals surface area contributed by atoms with Gasteiger partial charge < -0.3 is 21.7 Å². The zero-order valence-corrected chi connectivity index (χ0v) is 9.45. The maximum absolute atomic E-state index is 10.6. The van der Waals surface area contributed by atoms with Gasteiger partial charge in [-0.15, -0.1) is 0 Å². The van der Waals surface area contributed by atoms with Crippen molar-refractivity contribution in [1.82, 2.24) is 0 Å². The van der Waals surface area contributed by atoms with Crippen molar-refractivity contribution in [2.45, 2.75) is 30.7 Å². The summed E-state index contributed by atoms with van der Waals surface area (Å²) >= 11 is 1.14. The van der Waals surface area contributed by atoms with Crippen molar-refractivity contribution in [2.24, 2.45) is 11.5 Å². The molecule has 0 spiro atoms. The molecule has 7 heteroatoms. The Kier molecular flexibility index (Phi) is 5.06. The third-order valence-corrected chi connectivity index (χ3v) is 3.49. The van der Waals surface area contributed by atoms with Crippen LogP contribution < -0.4 is 11.5 Å². The standard InChI is InChI=1S/C8H16N2O4S/c1-8(2,5(10)7(13)14)15-3-4(9)6(11)12/h4-5H,3,9-10H2,1-2H3,(H,11,12)(H,13,14)/t4-,5+/m0/s1. The minimum atomic E-state index is -1.11. The van der Waals surface area contributed by atoms with Crippen LogP contribution in [0.1, 0.15) is 13.8 Å². The maximum atomic E-state index is 10.6. The van der Waals surface area contributed by atoms with Gasteiger partial charge in [0.2, 0.25) is 0 Å². The molecule has 0 aromatic carbocycles. The molecule has 0 heterocycles. The van der Waals surface area contributed by atoms with Crippen molar-refractivity contribution < 1.29 is 19.8 Å². The molecule has 0 saturated heterocycles. The van der Waals surface area contributed by atoms with Gasteiger partial charge in [0.15, 0.2) is 0 Å². The summed E-state index contributed by atoms with van der Waals surface area (Å²) in [5.41, 5.74) is 10.7. The van der Waals surface area contributed by atoms with Gasteiger partial charge in [0.1, 0.15) is 12.1 Å². The lowest BCUT2D eigenvalue weighted by atomic mass is 10.1. The first-order valence-electron chi connectivity index (χ1n) is 4.29. The molecule has 0 aliphatic heterocycles. The van der Waals surface area contributed by atoms with Gasteiger partial charge >= 0.3 is 11.9 Å². The molecule has 15 heavy (non-hydrogen) atoms. The predicted octanol–water partition coefficient (Wildman–Crippen LogP) is -0.678. The number of hydrogen-bond acceptors (Lipinski definition) is 5.